The van der Waals surface area contributed by atoms with E-state index in [1.54, 1.807) is 6.08 Å². The van der Waals surface area contributed by atoms with Gasteiger partial charge in [0.05, 0.1) is 12.2 Å². The highest BCUT2D eigenvalue weighted by atomic mass is 16.5. The molecule has 0 bridgehead atoms. The minimum Gasteiger partial charge on any atom is -0.491 e. The van der Waals surface area contributed by atoms with E-state index in [1.165, 1.54) is 12.8 Å². The minimum atomic E-state index is -0.789. The Morgan fingerprint density at radius 1 is 1.16 bits per heavy atom. The molecule has 5 atom stereocenters. The second kappa shape index (κ2) is 12.8. The summed E-state index contributed by atoms with van der Waals surface area (Å²) < 4.78 is 5.55. The van der Waals surface area contributed by atoms with Crippen LogP contribution in [0.1, 0.15) is 44.9 Å². The zero-order valence-electron chi connectivity index (χ0n) is 18.7. The van der Waals surface area contributed by atoms with Crippen molar-refractivity contribution in [1.29, 1.82) is 0 Å². The lowest BCUT2D eigenvalue weighted by atomic mass is 9.89. The van der Waals surface area contributed by atoms with Crippen molar-refractivity contribution in [3.8, 4) is 5.75 Å². The molecule has 4 N–H and O–H groups in total. The lowest BCUT2D eigenvalue weighted by Crippen LogP contribution is -2.24. The summed E-state index contributed by atoms with van der Waals surface area (Å²) in [4.78, 5) is 11.8. The van der Waals surface area contributed by atoms with Crippen molar-refractivity contribution < 1.29 is 24.9 Å². The summed E-state index contributed by atoms with van der Waals surface area (Å²) in [5.74, 6) is 1.21. The Morgan fingerprint density at radius 3 is 2.69 bits per heavy atom. The predicted molar refractivity (Wildman–Crippen MR) is 124 cm³/mol. The first-order chi connectivity index (χ1) is 15.5. The topological polar surface area (TPSA) is 99.0 Å². The molecule has 2 aliphatic carbocycles. The van der Waals surface area contributed by atoms with Crippen molar-refractivity contribution in [1.82, 2.24) is 5.32 Å². The van der Waals surface area contributed by atoms with E-state index < -0.39 is 18.3 Å². The molecule has 0 heterocycles. The highest BCUT2D eigenvalue weighted by molar-refractivity contribution is 5.75. The normalized spacial score (nSPS) is 26.6. The number of carbonyl (C=O) groups excluding carboxylic acids is 1. The summed E-state index contributed by atoms with van der Waals surface area (Å²) in [5.41, 5.74) is 0. The van der Waals surface area contributed by atoms with Gasteiger partial charge in [-0.1, -0.05) is 42.5 Å². The molecule has 1 aromatic carbocycles. The maximum atomic E-state index is 11.8. The number of hydrogen-bond acceptors (Lipinski definition) is 5. The number of amides is 1. The molecule has 1 amide bonds. The molecule has 176 valence electrons. The number of carbonyl (C=O) groups is 1. The van der Waals surface area contributed by atoms with Gasteiger partial charge < -0.3 is 25.4 Å². The van der Waals surface area contributed by atoms with E-state index in [1.807, 2.05) is 42.5 Å². The van der Waals surface area contributed by atoms with Gasteiger partial charge in [-0.3, -0.25) is 4.79 Å². The average Bonchev–Trinajstić information content (AvgIpc) is 3.58. The molecular weight excluding hydrogens is 406 g/mol. The lowest BCUT2D eigenvalue weighted by Gasteiger charge is -2.19. The van der Waals surface area contributed by atoms with E-state index in [0.29, 0.717) is 30.9 Å². The molecule has 0 spiro atoms. The maximum Gasteiger partial charge on any atom is 0.220 e. The number of aliphatic hydroxyl groups excluding tert-OH is 3. The van der Waals surface area contributed by atoms with Gasteiger partial charge in [0.2, 0.25) is 5.91 Å². The molecule has 0 aliphatic heterocycles. The summed E-state index contributed by atoms with van der Waals surface area (Å²) >= 11 is 0. The monoisotopic (exact) mass is 443 g/mol. The molecule has 0 saturated heterocycles. The van der Waals surface area contributed by atoms with Crippen molar-refractivity contribution >= 4 is 5.91 Å². The van der Waals surface area contributed by atoms with Gasteiger partial charge in [0.1, 0.15) is 18.5 Å². The SMILES string of the molecule is O=C(CCC/C=C\C[C@@H]1[C@@H](/C=C/[C@@H](O)COc2ccccc2)[C@H](O)C[C@@H]1O)NCC1CC1. The van der Waals surface area contributed by atoms with Crippen molar-refractivity contribution in [3.63, 3.8) is 0 Å². The number of para-hydroxylation sites is 1. The van der Waals surface area contributed by atoms with Crippen molar-refractivity contribution in [2.24, 2.45) is 17.8 Å². The molecule has 2 fully saturated rings. The van der Waals surface area contributed by atoms with Crippen LogP contribution in [0.25, 0.3) is 0 Å². The zero-order chi connectivity index (χ0) is 22.8. The first-order valence-electron chi connectivity index (χ1n) is 11.8. The largest absolute Gasteiger partial charge is 0.491 e. The van der Waals surface area contributed by atoms with Crippen LogP contribution in [0.4, 0.5) is 0 Å². The number of rotatable bonds is 13. The number of nitrogens with one attached hydrogen (secondary N) is 1. The van der Waals surface area contributed by atoms with Crippen LogP contribution in [0.15, 0.2) is 54.6 Å². The molecule has 6 heteroatoms. The highest BCUT2D eigenvalue weighted by Gasteiger charge is 2.39. The summed E-state index contributed by atoms with van der Waals surface area (Å²) in [6.45, 7) is 0.948. The number of unbranched alkanes of at least 4 members (excludes halogenated alkanes) is 1. The molecule has 1 aromatic rings. The van der Waals surface area contributed by atoms with Crippen molar-refractivity contribution in [2.75, 3.05) is 13.2 Å². The number of benzene rings is 1. The van der Waals surface area contributed by atoms with Crippen LogP contribution in [-0.4, -0.2) is 52.7 Å². The quantitative estimate of drug-likeness (QED) is 0.278. The second-order valence-corrected chi connectivity index (χ2v) is 9.03. The number of ether oxygens (including phenoxy) is 1. The van der Waals surface area contributed by atoms with Crippen LogP contribution in [0.5, 0.6) is 5.75 Å². The Morgan fingerprint density at radius 2 is 1.94 bits per heavy atom. The van der Waals surface area contributed by atoms with Crippen LogP contribution < -0.4 is 10.1 Å². The van der Waals surface area contributed by atoms with Gasteiger partial charge in [-0.15, -0.1) is 0 Å². The Labute approximate surface area is 191 Å². The van der Waals surface area contributed by atoms with Gasteiger partial charge in [0.25, 0.3) is 0 Å². The standard InChI is InChI=1S/C26H37NO5/c28-20(18-32-21-8-4-3-5-9-21)14-15-23-22(24(29)16-25(23)30)10-6-1-2-7-11-26(31)27-17-19-12-13-19/h1,3-6,8-9,14-15,19-20,22-25,28-30H,2,7,10-13,16-18H2,(H,27,31)/b6-1-,15-14+/t20-,22-,23-,24+,25-/m1/s1. The van der Waals surface area contributed by atoms with E-state index in [4.69, 9.17) is 4.74 Å². The predicted octanol–water partition coefficient (Wildman–Crippen LogP) is 2.98. The van der Waals surface area contributed by atoms with Gasteiger partial charge in [-0.2, -0.15) is 0 Å². The molecule has 3 rings (SSSR count). The molecule has 6 nitrogen and oxygen atoms in total. The first kappa shape index (κ1) is 24.5. The fraction of sp³-hybridized carbons (Fsp3) is 0.577. The smallest absolute Gasteiger partial charge is 0.220 e. The van der Waals surface area contributed by atoms with Crippen LogP contribution in [0.3, 0.4) is 0 Å². The fourth-order valence-electron chi connectivity index (χ4n) is 4.14. The summed E-state index contributed by atoms with van der Waals surface area (Å²) in [6, 6.07) is 9.30. The first-order valence-corrected chi connectivity index (χ1v) is 11.8. The Balaban J connectivity index is 1.37. The molecule has 2 saturated carbocycles. The molecule has 32 heavy (non-hydrogen) atoms. The fourth-order valence-corrected chi connectivity index (χ4v) is 4.14. The highest BCUT2D eigenvalue weighted by Crippen LogP contribution is 2.36. The number of hydrogen-bond donors (Lipinski definition) is 4. The summed E-state index contributed by atoms with van der Waals surface area (Å²) in [6.07, 6.45) is 11.2. The third-order valence-corrected chi connectivity index (χ3v) is 6.27. The number of allylic oxidation sites excluding steroid dienone is 2. The van der Waals surface area contributed by atoms with E-state index in [0.717, 1.165) is 19.4 Å². The van der Waals surface area contributed by atoms with Gasteiger partial charge in [0.15, 0.2) is 0 Å². The van der Waals surface area contributed by atoms with Crippen LogP contribution in [0, 0.1) is 17.8 Å². The second-order valence-electron chi connectivity index (χ2n) is 9.03. The molecule has 0 aromatic heterocycles. The maximum absolute atomic E-state index is 11.8. The van der Waals surface area contributed by atoms with Crippen molar-refractivity contribution in [2.45, 2.75) is 63.3 Å². The third kappa shape index (κ3) is 8.41. The molecular formula is C26H37NO5. The Kier molecular flexibility index (Phi) is 9.78. The average molecular weight is 444 g/mol. The van der Waals surface area contributed by atoms with E-state index in [2.05, 4.69) is 11.4 Å². The van der Waals surface area contributed by atoms with Crippen molar-refractivity contribution in [3.05, 3.63) is 54.6 Å². The Bertz CT molecular complexity index is 746. The third-order valence-electron chi connectivity index (χ3n) is 6.27. The van der Waals surface area contributed by atoms with E-state index in [9.17, 15) is 20.1 Å². The molecule has 0 radical (unpaired) electrons. The molecule has 2 aliphatic rings. The van der Waals surface area contributed by atoms with Gasteiger partial charge in [0, 0.05) is 25.3 Å². The van der Waals surface area contributed by atoms with E-state index >= 15 is 0 Å². The van der Waals surface area contributed by atoms with Crippen LogP contribution in [-0.2, 0) is 4.79 Å². The zero-order valence-corrected chi connectivity index (χ0v) is 18.7. The van der Waals surface area contributed by atoms with Crippen LogP contribution >= 0.6 is 0 Å². The van der Waals surface area contributed by atoms with Gasteiger partial charge >= 0.3 is 0 Å². The van der Waals surface area contributed by atoms with Crippen LogP contribution in [0.2, 0.25) is 0 Å². The van der Waals surface area contributed by atoms with Gasteiger partial charge in [-0.05, 0) is 56.1 Å². The molecule has 0 unspecified atom stereocenters. The van der Waals surface area contributed by atoms with E-state index in [-0.39, 0.29) is 24.3 Å². The van der Waals surface area contributed by atoms with Gasteiger partial charge in [-0.25, -0.2) is 0 Å². The summed E-state index contributed by atoms with van der Waals surface area (Å²) in [7, 11) is 0. The minimum absolute atomic E-state index is 0.0958. The number of aliphatic hydroxyl groups is 3. The summed E-state index contributed by atoms with van der Waals surface area (Å²) in [5, 5.41) is 33.9. The Hall–Kier alpha value is -2.15. The lowest BCUT2D eigenvalue weighted by molar-refractivity contribution is -0.121.